The van der Waals surface area contributed by atoms with Crippen LogP contribution in [0.25, 0.3) is 11.3 Å². The third kappa shape index (κ3) is 6.84. The summed E-state index contributed by atoms with van der Waals surface area (Å²) in [5, 5.41) is 2.83. The van der Waals surface area contributed by atoms with E-state index in [1.165, 1.54) is 49.2 Å². The van der Waals surface area contributed by atoms with Gasteiger partial charge in [0.15, 0.2) is 17.4 Å². The molecule has 5 rings (SSSR count). The number of carbonyl (C=O) groups excluding carboxylic acids is 4. The molecule has 2 aromatic carbocycles. The number of piperidine rings is 1. The summed E-state index contributed by atoms with van der Waals surface area (Å²) in [6.45, 7) is 6.14. The zero-order valence-electron chi connectivity index (χ0n) is 25.2. The highest BCUT2D eigenvalue weighted by Crippen LogP contribution is 2.31. The van der Waals surface area contributed by atoms with Crippen LogP contribution in [0.5, 0.6) is 5.75 Å². The molecule has 0 radical (unpaired) electrons. The van der Waals surface area contributed by atoms with Crippen molar-refractivity contribution in [1.29, 1.82) is 0 Å². The summed E-state index contributed by atoms with van der Waals surface area (Å²) in [5.41, 5.74) is 6.78. The number of carbonyl (C=O) groups is 4. The largest absolute Gasteiger partial charge is 0.494 e. The number of halogens is 3. The Hall–Kier alpha value is -4.36. The predicted octanol–water partition coefficient (Wildman–Crippen LogP) is 3.75. The lowest BCUT2D eigenvalue weighted by molar-refractivity contribution is -0.136. The van der Waals surface area contributed by atoms with Crippen molar-refractivity contribution in [3.63, 3.8) is 0 Å². The van der Waals surface area contributed by atoms with Gasteiger partial charge in [-0.1, -0.05) is 18.5 Å². The summed E-state index contributed by atoms with van der Waals surface area (Å²) in [6.07, 6.45) is 2.40. The van der Waals surface area contributed by atoms with Gasteiger partial charge in [-0.2, -0.15) is 4.39 Å². The zero-order chi connectivity index (χ0) is 33.0. The number of hydrogen-bond donors (Lipinski definition) is 2. The van der Waals surface area contributed by atoms with Crippen molar-refractivity contribution < 1.29 is 32.7 Å². The number of likely N-dealkylation sites (tertiary alicyclic amines) is 2. The number of ether oxygens (including phenoxy) is 1. The van der Waals surface area contributed by atoms with E-state index in [2.05, 4.69) is 10.3 Å². The number of nitrogens with one attached hydrogen (secondary N) is 1. The van der Waals surface area contributed by atoms with Crippen LogP contribution in [-0.4, -0.2) is 83.2 Å². The second kappa shape index (κ2) is 14.2. The second-order valence-corrected chi connectivity index (χ2v) is 11.5. The van der Waals surface area contributed by atoms with Crippen LogP contribution < -0.4 is 15.8 Å². The van der Waals surface area contributed by atoms with Gasteiger partial charge in [0.05, 0.1) is 29.6 Å². The van der Waals surface area contributed by atoms with Gasteiger partial charge in [-0.05, 0) is 49.1 Å². The van der Waals surface area contributed by atoms with E-state index in [4.69, 9.17) is 26.9 Å². The van der Waals surface area contributed by atoms with E-state index in [0.29, 0.717) is 44.7 Å². The molecule has 11 nitrogen and oxygen atoms in total. The zero-order valence-corrected chi connectivity index (χ0v) is 25.9. The maximum atomic E-state index is 14.6. The maximum absolute atomic E-state index is 14.6. The lowest BCUT2D eigenvalue weighted by Crippen LogP contribution is -2.44. The molecule has 0 bridgehead atoms. The predicted molar refractivity (Wildman–Crippen MR) is 164 cm³/mol. The summed E-state index contributed by atoms with van der Waals surface area (Å²) in [4.78, 5) is 54.8. The van der Waals surface area contributed by atoms with Gasteiger partial charge >= 0.3 is 0 Å². The van der Waals surface area contributed by atoms with Gasteiger partial charge in [0.2, 0.25) is 11.7 Å². The summed E-state index contributed by atoms with van der Waals surface area (Å²) in [6, 6.07) is 7.17. The van der Waals surface area contributed by atoms with Crippen LogP contribution in [0.15, 0.2) is 36.5 Å². The van der Waals surface area contributed by atoms with Crippen molar-refractivity contribution >= 4 is 41.8 Å². The average Bonchev–Trinajstić information content (AvgIpc) is 3.59. The molecule has 0 unspecified atom stereocenters. The SMILES string of the molecule is C=O.COc1ccc(-c2cnc(C(=O)Nc3ccc(C(=O)N4CCC(C(=O)N5C[C@H](C)[C@@H](N)C5)CC4)c(Cl)c3)n2C)c(F)c1F. The Bertz CT molecular complexity index is 1580. The summed E-state index contributed by atoms with van der Waals surface area (Å²) in [5.74, 6) is -3.18. The Morgan fingerprint density at radius 1 is 1.07 bits per heavy atom. The monoisotopic (exact) mass is 644 g/mol. The third-order valence-electron chi connectivity index (χ3n) is 8.30. The minimum Gasteiger partial charge on any atom is -0.494 e. The number of hydrogen-bond acceptors (Lipinski definition) is 7. The molecule has 2 aliphatic heterocycles. The van der Waals surface area contributed by atoms with Crippen LogP contribution in [0.1, 0.15) is 40.7 Å². The van der Waals surface area contributed by atoms with Crippen molar-refractivity contribution in [3.8, 4) is 17.0 Å². The first kappa shape index (κ1) is 33.5. The molecule has 3 amide bonds. The molecule has 3 N–H and O–H groups in total. The van der Waals surface area contributed by atoms with Gasteiger partial charge in [-0.25, -0.2) is 9.37 Å². The third-order valence-corrected chi connectivity index (χ3v) is 8.62. The summed E-state index contributed by atoms with van der Waals surface area (Å²) < 4.78 is 35.0. The van der Waals surface area contributed by atoms with Gasteiger partial charge in [0.1, 0.15) is 6.79 Å². The number of aromatic nitrogens is 2. The van der Waals surface area contributed by atoms with Crippen LogP contribution in [0.3, 0.4) is 0 Å². The molecule has 0 aliphatic carbocycles. The highest BCUT2D eigenvalue weighted by molar-refractivity contribution is 6.34. The molecule has 240 valence electrons. The smallest absolute Gasteiger partial charge is 0.291 e. The number of anilines is 1. The van der Waals surface area contributed by atoms with E-state index in [1.54, 1.807) is 11.0 Å². The Morgan fingerprint density at radius 2 is 1.76 bits per heavy atom. The van der Waals surface area contributed by atoms with Crippen molar-refractivity contribution in [2.75, 3.05) is 38.6 Å². The highest BCUT2D eigenvalue weighted by Gasteiger charge is 2.36. The maximum Gasteiger partial charge on any atom is 0.291 e. The normalized spacial score (nSPS) is 18.3. The quantitative estimate of drug-likeness (QED) is 0.417. The van der Waals surface area contributed by atoms with E-state index in [0.717, 1.165) is 0 Å². The first-order valence-corrected chi connectivity index (χ1v) is 14.6. The fourth-order valence-electron chi connectivity index (χ4n) is 5.64. The number of benzene rings is 2. The molecule has 45 heavy (non-hydrogen) atoms. The molecule has 2 aliphatic rings. The molecule has 3 aromatic rings. The van der Waals surface area contributed by atoms with Crippen LogP contribution in [-0.2, 0) is 16.6 Å². The van der Waals surface area contributed by atoms with Crippen LogP contribution in [0, 0.1) is 23.5 Å². The van der Waals surface area contributed by atoms with E-state index in [9.17, 15) is 23.2 Å². The molecular weight excluding hydrogens is 610 g/mol. The Kier molecular flexibility index (Phi) is 10.6. The van der Waals surface area contributed by atoms with E-state index in [-0.39, 0.29) is 63.1 Å². The fourth-order valence-corrected chi connectivity index (χ4v) is 5.90. The Morgan fingerprint density at radius 3 is 2.36 bits per heavy atom. The molecule has 3 heterocycles. The first-order chi connectivity index (χ1) is 21.5. The van der Waals surface area contributed by atoms with Crippen LogP contribution in [0.2, 0.25) is 5.02 Å². The summed E-state index contributed by atoms with van der Waals surface area (Å²) >= 11 is 6.46. The van der Waals surface area contributed by atoms with Crippen molar-refractivity contribution in [2.45, 2.75) is 25.8 Å². The van der Waals surface area contributed by atoms with Gasteiger partial charge in [0, 0.05) is 56.4 Å². The second-order valence-electron chi connectivity index (χ2n) is 11.1. The number of nitrogens with two attached hydrogens (primary N) is 1. The number of nitrogens with zero attached hydrogens (tertiary/aromatic N) is 4. The number of rotatable bonds is 6. The van der Waals surface area contributed by atoms with Crippen LogP contribution in [0.4, 0.5) is 14.5 Å². The van der Waals surface area contributed by atoms with Gasteiger partial charge in [-0.3, -0.25) is 14.4 Å². The average molecular weight is 645 g/mol. The number of methoxy groups -OCH3 is 1. The molecule has 2 fully saturated rings. The van der Waals surface area contributed by atoms with E-state index < -0.39 is 17.5 Å². The fraction of sp³-hybridized carbons (Fsp3) is 0.387. The standard InChI is InChI=1S/C30H33ClF2N6O4.CH2O/c1-16-14-39(15-22(16)34)29(41)17-8-10-38(11-9-17)30(42)19-5-4-18(12-21(19)31)36-28(40)27-35-13-23(37(27)2)20-6-7-24(43-3)26(33)25(20)32;1-2/h4-7,12-13,16-17,22H,8-11,14-15,34H2,1-3H3,(H,36,40);1H2/t16-,22-;/m0./s1. The van der Waals surface area contributed by atoms with Crippen LogP contribution >= 0.6 is 11.6 Å². The van der Waals surface area contributed by atoms with Gasteiger partial charge in [-0.15, -0.1) is 0 Å². The van der Waals surface area contributed by atoms with Gasteiger partial charge < -0.3 is 34.9 Å². The molecule has 2 atom stereocenters. The Balaban J connectivity index is 0.00000226. The minimum atomic E-state index is -1.14. The molecule has 1 aromatic heterocycles. The number of amides is 3. The number of imidazole rings is 1. The van der Waals surface area contributed by atoms with E-state index in [1.807, 2.05) is 18.6 Å². The first-order valence-electron chi connectivity index (χ1n) is 14.3. The molecule has 14 heteroatoms. The molecule has 0 saturated carbocycles. The topological polar surface area (TPSA) is 140 Å². The van der Waals surface area contributed by atoms with Crippen molar-refractivity contribution in [3.05, 3.63) is 64.6 Å². The highest BCUT2D eigenvalue weighted by atomic mass is 35.5. The lowest BCUT2D eigenvalue weighted by Gasteiger charge is -2.33. The van der Waals surface area contributed by atoms with E-state index >= 15 is 0 Å². The minimum absolute atomic E-state index is 0.00316. The summed E-state index contributed by atoms with van der Waals surface area (Å²) in [7, 11) is 2.74. The lowest BCUT2D eigenvalue weighted by atomic mass is 9.95. The van der Waals surface area contributed by atoms with Crippen molar-refractivity contribution in [2.24, 2.45) is 24.6 Å². The Labute approximate surface area is 264 Å². The molecular formula is C31H35ClF2N6O5. The molecule has 2 saturated heterocycles. The van der Waals surface area contributed by atoms with Crippen molar-refractivity contribution in [1.82, 2.24) is 19.4 Å². The van der Waals surface area contributed by atoms with Gasteiger partial charge in [0.25, 0.3) is 11.8 Å². The molecule has 0 spiro atoms.